The molecule has 0 aliphatic carbocycles. The molecule has 0 radical (unpaired) electrons. The summed E-state index contributed by atoms with van der Waals surface area (Å²) in [6, 6.07) is 7.54. The summed E-state index contributed by atoms with van der Waals surface area (Å²) in [6.07, 6.45) is 0.795. The molecule has 134 valence electrons. The van der Waals surface area contributed by atoms with E-state index in [0.717, 1.165) is 11.1 Å². The Hall–Kier alpha value is -1.84. The van der Waals surface area contributed by atoms with Crippen LogP contribution in [0, 0.1) is 10.8 Å². The van der Waals surface area contributed by atoms with Crippen molar-refractivity contribution in [3.05, 3.63) is 35.4 Å². The second-order valence-electron chi connectivity index (χ2n) is 8.61. The molecule has 0 N–H and O–H groups in total. The van der Waals surface area contributed by atoms with Crippen molar-refractivity contribution in [1.29, 1.82) is 0 Å². The topological polar surface area (TPSA) is 52.6 Å². The molecule has 0 unspecified atom stereocenters. The zero-order chi connectivity index (χ0) is 18.4. The molecule has 1 aromatic carbocycles. The summed E-state index contributed by atoms with van der Waals surface area (Å²) < 4.78 is 10.5. The van der Waals surface area contributed by atoms with Gasteiger partial charge in [-0.05, 0) is 22.0 Å². The van der Waals surface area contributed by atoms with E-state index < -0.39 is 0 Å². The molecule has 0 atom stereocenters. The van der Waals surface area contributed by atoms with Gasteiger partial charge in [0.25, 0.3) is 0 Å². The molecule has 0 aliphatic rings. The molecule has 4 heteroatoms. The molecule has 0 saturated carbocycles. The summed E-state index contributed by atoms with van der Waals surface area (Å²) in [4.78, 5) is 23.4. The predicted molar refractivity (Wildman–Crippen MR) is 94.2 cm³/mol. The predicted octanol–water partition coefficient (Wildman–Crippen LogP) is 4.65. The summed E-state index contributed by atoms with van der Waals surface area (Å²) in [5, 5.41) is 0. The third-order valence-corrected chi connectivity index (χ3v) is 3.17. The van der Waals surface area contributed by atoms with E-state index in [-0.39, 0.29) is 36.0 Å². The SMILES string of the molecule is CC(C)(C)CC(=O)OCc1ccc(COC(=O)CC(C)(C)C)cc1. The maximum Gasteiger partial charge on any atom is 0.306 e. The van der Waals surface area contributed by atoms with E-state index in [9.17, 15) is 9.59 Å². The standard InChI is InChI=1S/C20H30O4/c1-19(2,3)11-17(21)23-13-15-7-9-16(10-8-15)14-24-18(22)12-20(4,5)6/h7-10H,11-14H2,1-6H3. The maximum atomic E-state index is 11.7. The second-order valence-corrected chi connectivity index (χ2v) is 8.61. The lowest BCUT2D eigenvalue weighted by Crippen LogP contribution is -2.15. The number of rotatable bonds is 6. The van der Waals surface area contributed by atoms with Crippen LogP contribution in [0.4, 0.5) is 0 Å². The van der Waals surface area contributed by atoms with Crippen LogP contribution in [-0.2, 0) is 32.3 Å². The highest BCUT2D eigenvalue weighted by molar-refractivity contribution is 5.70. The maximum absolute atomic E-state index is 11.7. The zero-order valence-electron chi connectivity index (χ0n) is 15.8. The Morgan fingerprint density at radius 3 is 1.25 bits per heavy atom. The van der Waals surface area contributed by atoms with Gasteiger partial charge in [0.2, 0.25) is 0 Å². The van der Waals surface area contributed by atoms with Gasteiger partial charge in [-0.3, -0.25) is 9.59 Å². The second kappa shape index (κ2) is 8.32. The minimum Gasteiger partial charge on any atom is -0.461 e. The first-order chi connectivity index (χ1) is 10.9. The van der Waals surface area contributed by atoms with Crippen LogP contribution < -0.4 is 0 Å². The van der Waals surface area contributed by atoms with Gasteiger partial charge < -0.3 is 9.47 Å². The minimum absolute atomic E-state index is 0.0716. The van der Waals surface area contributed by atoms with Crippen molar-refractivity contribution in [3.8, 4) is 0 Å². The van der Waals surface area contributed by atoms with Crippen molar-refractivity contribution in [2.24, 2.45) is 10.8 Å². The minimum atomic E-state index is -0.192. The van der Waals surface area contributed by atoms with Gasteiger partial charge in [-0.25, -0.2) is 0 Å². The van der Waals surface area contributed by atoms with E-state index in [1.54, 1.807) is 0 Å². The molecule has 24 heavy (non-hydrogen) atoms. The monoisotopic (exact) mass is 334 g/mol. The van der Waals surface area contributed by atoms with E-state index >= 15 is 0 Å². The van der Waals surface area contributed by atoms with Crippen LogP contribution in [0.2, 0.25) is 0 Å². The molecule has 0 aromatic heterocycles. The van der Waals surface area contributed by atoms with Crippen molar-refractivity contribution in [3.63, 3.8) is 0 Å². The van der Waals surface area contributed by atoms with Gasteiger partial charge in [0.15, 0.2) is 0 Å². The number of ether oxygens (including phenoxy) is 2. The first-order valence-electron chi connectivity index (χ1n) is 8.34. The number of carbonyl (C=O) groups is 2. The van der Waals surface area contributed by atoms with E-state index in [2.05, 4.69) is 0 Å². The fourth-order valence-electron chi connectivity index (χ4n) is 2.03. The molecule has 0 heterocycles. The van der Waals surface area contributed by atoms with Crippen molar-refractivity contribution in [1.82, 2.24) is 0 Å². The smallest absolute Gasteiger partial charge is 0.306 e. The average molecular weight is 334 g/mol. The normalized spacial score (nSPS) is 11.9. The Balaban J connectivity index is 2.41. The van der Waals surface area contributed by atoms with Crippen molar-refractivity contribution >= 4 is 11.9 Å². The lowest BCUT2D eigenvalue weighted by molar-refractivity contribution is -0.148. The molecule has 4 nitrogen and oxygen atoms in total. The summed E-state index contributed by atoms with van der Waals surface area (Å²) in [5.74, 6) is -0.384. The van der Waals surface area contributed by atoms with Gasteiger partial charge in [0.05, 0.1) is 12.8 Å². The largest absolute Gasteiger partial charge is 0.461 e. The molecular weight excluding hydrogens is 304 g/mol. The molecule has 0 fully saturated rings. The first-order valence-corrected chi connectivity index (χ1v) is 8.34. The number of hydrogen-bond donors (Lipinski definition) is 0. The highest BCUT2D eigenvalue weighted by atomic mass is 16.5. The first kappa shape index (κ1) is 20.2. The Labute approximate surface area is 145 Å². The van der Waals surface area contributed by atoms with Gasteiger partial charge in [0.1, 0.15) is 13.2 Å². The summed E-state index contributed by atoms with van der Waals surface area (Å²) in [6.45, 7) is 12.5. The molecule has 0 aliphatic heterocycles. The number of carbonyl (C=O) groups excluding carboxylic acids is 2. The van der Waals surface area contributed by atoms with E-state index in [4.69, 9.17) is 9.47 Å². The van der Waals surface area contributed by atoms with Gasteiger partial charge in [-0.15, -0.1) is 0 Å². The number of hydrogen-bond acceptors (Lipinski definition) is 4. The van der Waals surface area contributed by atoms with Crippen LogP contribution >= 0.6 is 0 Å². The zero-order valence-corrected chi connectivity index (χ0v) is 15.8. The Morgan fingerprint density at radius 2 is 1.00 bits per heavy atom. The molecule has 0 spiro atoms. The summed E-state index contributed by atoms with van der Waals surface area (Å²) in [5.41, 5.74) is 1.69. The van der Waals surface area contributed by atoms with Crippen molar-refractivity contribution < 1.29 is 19.1 Å². The van der Waals surface area contributed by atoms with Crippen LogP contribution in [0.5, 0.6) is 0 Å². The quantitative estimate of drug-likeness (QED) is 0.711. The lowest BCUT2D eigenvalue weighted by Gasteiger charge is -2.17. The van der Waals surface area contributed by atoms with Crippen molar-refractivity contribution in [2.75, 3.05) is 0 Å². The third-order valence-electron chi connectivity index (χ3n) is 3.17. The van der Waals surface area contributed by atoms with Crippen LogP contribution in [-0.4, -0.2) is 11.9 Å². The van der Waals surface area contributed by atoms with Gasteiger partial charge in [-0.1, -0.05) is 65.8 Å². The molecule has 0 amide bonds. The fourth-order valence-corrected chi connectivity index (χ4v) is 2.03. The van der Waals surface area contributed by atoms with E-state index in [1.807, 2.05) is 65.8 Å². The Bertz CT molecular complexity index is 493. The molecule has 1 aromatic rings. The Kier molecular flexibility index (Phi) is 7.00. The van der Waals surface area contributed by atoms with Crippen LogP contribution in [0.1, 0.15) is 65.5 Å². The third kappa shape index (κ3) is 9.33. The van der Waals surface area contributed by atoms with Gasteiger partial charge in [-0.2, -0.15) is 0 Å². The number of benzene rings is 1. The molecule has 1 rings (SSSR count). The Morgan fingerprint density at radius 1 is 0.708 bits per heavy atom. The van der Waals surface area contributed by atoms with E-state index in [1.165, 1.54) is 0 Å². The number of esters is 2. The fraction of sp³-hybridized carbons (Fsp3) is 0.600. The highest BCUT2D eigenvalue weighted by Gasteiger charge is 2.18. The lowest BCUT2D eigenvalue weighted by atomic mass is 9.92. The van der Waals surface area contributed by atoms with Crippen molar-refractivity contribution in [2.45, 2.75) is 67.6 Å². The van der Waals surface area contributed by atoms with Crippen LogP contribution in [0.15, 0.2) is 24.3 Å². The molecule has 0 saturated heterocycles. The van der Waals surface area contributed by atoms with Crippen LogP contribution in [0.25, 0.3) is 0 Å². The highest BCUT2D eigenvalue weighted by Crippen LogP contribution is 2.20. The summed E-state index contributed by atoms with van der Waals surface area (Å²) in [7, 11) is 0. The van der Waals surface area contributed by atoms with E-state index in [0.29, 0.717) is 12.8 Å². The molecule has 0 bridgehead atoms. The van der Waals surface area contributed by atoms with Crippen LogP contribution in [0.3, 0.4) is 0 Å². The average Bonchev–Trinajstić information content (AvgIpc) is 2.40. The summed E-state index contributed by atoms with van der Waals surface area (Å²) >= 11 is 0. The van der Waals surface area contributed by atoms with Gasteiger partial charge >= 0.3 is 11.9 Å². The molecular formula is C20H30O4. The van der Waals surface area contributed by atoms with Gasteiger partial charge in [0, 0.05) is 0 Å².